The minimum absolute atomic E-state index is 0.225. The van der Waals surface area contributed by atoms with Crippen molar-refractivity contribution in [1.82, 2.24) is 0 Å². The molecule has 0 heterocycles. The van der Waals surface area contributed by atoms with Gasteiger partial charge in [0.1, 0.15) is 0 Å². The summed E-state index contributed by atoms with van der Waals surface area (Å²) in [6.07, 6.45) is 0.225. The lowest BCUT2D eigenvalue weighted by Crippen LogP contribution is -2.05. The number of rotatable bonds is 9. The number of carboxylic acids is 1. The summed E-state index contributed by atoms with van der Waals surface area (Å²) in [5.41, 5.74) is 0. The molecular formula is C8H16O4S. The van der Waals surface area contributed by atoms with E-state index in [2.05, 4.69) is 0 Å². The summed E-state index contributed by atoms with van der Waals surface area (Å²) in [5.74, 6) is 0.757. The zero-order valence-corrected chi connectivity index (χ0v) is 8.64. The molecule has 0 aromatic carbocycles. The van der Waals surface area contributed by atoms with E-state index in [0.29, 0.717) is 25.6 Å². The smallest absolute Gasteiger partial charge is 0.304 e. The van der Waals surface area contributed by atoms with Gasteiger partial charge in [0.05, 0.1) is 26.2 Å². The van der Waals surface area contributed by atoms with Gasteiger partial charge in [-0.15, -0.1) is 0 Å². The Morgan fingerprint density at radius 3 is 2.69 bits per heavy atom. The molecule has 0 rings (SSSR count). The highest BCUT2D eigenvalue weighted by atomic mass is 32.2. The third kappa shape index (κ3) is 11.7. The summed E-state index contributed by atoms with van der Waals surface area (Å²) < 4.78 is 9.98. The number of methoxy groups -OCH3 is 1. The van der Waals surface area contributed by atoms with Crippen LogP contribution >= 0.6 is 11.8 Å². The SMILES string of the molecule is COCCOCCSCCC(=O)O. The van der Waals surface area contributed by atoms with Crippen LogP contribution in [0.25, 0.3) is 0 Å². The van der Waals surface area contributed by atoms with Crippen LogP contribution in [0.15, 0.2) is 0 Å². The topological polar surface area (TPSA) is 55.8 Å². The predicted octanol–water partition coefficient (Wildman–Crippen LogP) is 0.857. The minimum Gasteiger partial charge on any atom is -0.481 e. The number of carbonyl (C=O) groups is 1. The van der Waals surface area contributed by atoms with Gasteiger partial charge in [-0.05, 0) is 0 Å². The average molecular weight is 208 g/mol. The van der Waals surface area contributed by atoms with Crippen LogP contribution in [-0.2, 0) is 14.3 Å². The van der Waals surface area contributed by atoms with Crippen molar-refractivity contribution in [2.24, 2.45) is 0 Å². The van der Waals surface area contributed by atoms with Gasteiger partial charge in [0.25, 0.3) is 0 Å². The van der Waals surface area contributed by atoms with Gasteiger partial charge in [-0.1, -0.05) is 0 Å². The van der Waals surface area contributed by atoms with Gasteiger partial charge in [-0.2, -0.15) is 11.8 Å². The van der Waals surface area contributed by atoms with Gasteiger partial charge in [0, 0.05) is 18.6 Å². The van der Waals surface area contributed by atoms with Crippen LogP contribution in [0.3, 0.4) is 0 Å². The second kappa shape index (κ2) is 9.83. The molecule has 78 valence electrons. The first-order valence-corrected chi connectivity index (χ1v) is 5.29. The van der Waals surface area contributed by atoms with Crippen LogP contribution in [-0.4, -0.2) is 49.5 Å². The minimum atomic E-state index is -0.743. The molecule has 0 saturated carbocycles. The Balaban J connectivity index is 2.87. The Kier molecular flexibility index (Phi) is 9.63. The summed E-state index contributed by atoms with van der Waals surface area (Å²) in [5, 5.41) is 8.33. The molecule has 0 bridgehead atoms. The highest BCUT2D eigenvalue weighted by Gasteiger charge is 1.96. The summed E-state index contributed by atoms with van der Waals surface area (Å²) >= 11 is 1.59. The molecule has 0 spiro atoms. The molecule has 0 saturated heterocycles. The Bertz CT molecular complexity index is 129. The van der Waals surface area contributed by atoms with Crippen molar-refractivity contribution in [3.8, 4) is 0 Å². The molecule has 4 nitrogen and oxygen atoms in total. The van der Waals surface area contributed by atoms with E-state index >= 15 is 0 Å². The molecule has 0 aliphatic carbocycles. The van der Waals surface area contributed by atoms with Crippen LogP contribution in [0.2, 0.25) is 0 Å². The maximum atomic E-state index is 10.1. The van der Waals surface area contributed by atoms with Crippen LogP contribution in [0, 0.1) is 0 Å². The van der Waals surface area contributed by atoms with E-state index in [0.717, 1.165) is 5.75 Å². The maximum absolute atomic E-state index is 10.1. The Hall–Kier alpha value is -0.260. The highest BCUT2D eigenvalue weighted by Crippen LogP contribution is 2.01. The first-order valence-electron chi connectivity index (χ1n) is 4.13. The summed E-state index contributed by atoms with van der Waals surface area (Å²) in [7, 11) is 1.63. The summed E-state index contributed by atoms with van der Waals surface area (Å²) in [6.45, 7) is 1.88. The monoisotopic (exact) mass is 208 g/mol. The lowest BCUT2D eigenvalue weighted by molar-refractivity contribution is -0.136. The second-order valence-electron chi connectivity index (χ2n) is 2.36. The van der Waals surface area contributed by atoms with Crippen LogP contribution in [0.4, 0.5) is 0 Å². The molecule has 1 N–H and O–H groups in total. The van der Waals surface area contributed by atoms with Gasteiger partial charge >= 0.3 is 5.97 Å². The van der Waals surface area contributed by atoms with Crippen molar-refractivity contribution in [3.63, 3.8) is 0 Å². The van der Waals surface area contributed by atoms with Crippen LogP contribution in [0.1, 0.15) is 6.42 Å². The standard InChI is InChI=1S/C8H16O4S/c1-11-3-4-12-5-7-13-6-2-8(9)10/h2-7H2,1H3,(H,9,10). The first kappa shape index (κ1) is 12.7. The van der Waals surface area contributed by atoms with E-state index in [-0.39, 0.29) is 6.42 Å². The maximum Gasteiger partial charge on any atom is 0.304 e. The molecule has 0 radical (unpaired) electrons. The fourth-order valence-corrected chi connectivity index (χ4v) is 1.38. The Morgan fingerprint density at radius 2 is 2.08 bits per heavy atom. The molecular weight excluding hydrogens is 192 g/mol. The summed E-state index contributed by atoms with van der Waals surface area (Å²) in [6, 6.07) is 0. The van der Waals surface area contributed by atoms with Crippen molar-refractivity contribution in [3.05, 3.63) is 0 Å². The molecule has 0 aliphatic heterocycles. The van der Waals surface area contributed by atoms with E-state index in [1.54, 1.807) is 18.9 Å². The quantitative estimate of drug-likeness (QED) is 0.569. The number of ether oxygens (including phenoxy) is 2. The van der Waals surface area contributed by atoms with Gasteiger partial charge in [0.15, 0.2) is 0 Å². The van der Waals surface area contributed by atoms with Crippen LogP contribution < -0.4 is 0 Å². The largest absolute Gasteiger partial charge is 0.481 e. The van der Waals surface area contributed by atoms with Crippen molar-refractivity contribution >= 4 is 17.7 Å². The van der Waals surface area contributed by atoms with Crippen molar-refractivity contribution in [2.75, 3.05) is 38.4 Å². The molecule has 0 amide bonds. The molecule has 0 atom stereocenters. The molecule has 0 aromatic heterocycles. The number of carboxylic acid groups (broad SMARTS) is 1. The zero-order chi connectivity index (χ0) is 9.94. The second-order valence-corrected chi connectivity index (χ2v) is 3.59. The van der Waals surface area contributed by atoms with E-state index < -0.39 is 5.97 Å². The van der Waals surface area contributed by atoms with Crippen molar-refractivity contribution < 1.29 is 19.4 Å². The number of thioether (sulfide) groups is 1. The third-order valence-corrected chi connectivity index (χ3v) is 2.21. The van der Waals surface area contributed by atoms with E-state index in [9.17, 15) is 4.79 Å². The number of aliphatic carboxylic acids is 1. The molecule has 0 unspecified atom stereocenters. The predicted molar refractivity (Wildman–Crippen MR) is 52.3 cm³/mol. The summed E-state index contributed by atoms with van der Waals surface area (Å²) in [4.78, 5) is 10.1. The van der Waals surface area contributed by atoms with Crippen molar-refractivity contribution in [2.45, 2.75) is 6.42 Å². The third-order valence-electron chi connectivity index (χ3n) is 1.26. The van der Waals surface area contributed by atoms with Crippen LogP contribution in [0.5, 0.6) is 0 Å². The van der Waals surface area contributed by atoms with Gasteiger partial charge < -0.3 is 14.6 Å². The lowest BCUT2D eigenvalue weighted by atomic mass is 10.5. The molecule has 0 aromatic rings. The van der Waals surface area contributed by atoms with Gasteiger partial charge in [-0.25, -0.2) is 0 Å². The number of hydrogen-bond donors (Lipinski definition) is 1. The van der Waals surface area contributed by atoms with E-state index in [1.165, 1.54) is 0 Å². The van der Waals surface area contributed by atoms with E-state index in [4.69, 9.17) is 14.6 Å². The zero-order valence-electron chi connectivity index (χ0n) is 7.82. The van der Waals surface area contributed by atoms with Crippen molar-refractivity contribution in [1.29, 1.82) is 0 Å². The fraction of sp³-hybridized carbons (Fsp3) is 0.875. The Labute approximate surface area is 82.6 Å². The molecule has 0 fully saturated rings. The molecule has 0 aliphatic rings. The number of hydrogen-bond acceptors (Lipinski definition) is 4. The average Bonchev–Trinajstić information content (AvgIpc) is 2.09. The van der Waals surface area contributed by atoms with Gasteiger partial charge in [0.2, 0.25) is 0 Å². The molecule has 13 heavy (non-hydrogen) atoms. The van der Waals surface area contributed by atoms with E-state index in [1.807, 2.05) is 0 Å². The molecule has 5 heteroatoms. The fourth-order valence-electron chi connectivity index (χ4n) is 0.624. The van der Waals surface area contributed by atoms with Gasteiger partial charge in [-0.3, -0.25) is 4.79 Å². The lowest BCUT2D eigenvalue weighted by Gasteiger charge is -2.02. The normalized spacial score (nSPS) is 10.2. The highest BCUT2D eigenvalue weighted by molar-refractivity contribution is 7.99. The first-order chi connectivity index (χ1) is 6.27. The Morgan fingerprint density at radius 1 is 1.31 bits per heavy atom.